The first-order valence-electron chi connectivity index (χ1n) is 13.4. The van der Waals surface area contributed by atoms with Gasteiger partial charge in [0.1, 0.15) is 18.1 Å². The summed E-state index contributed by atoms with van der Waals surface area (Å²) < 4.78 is 5.67. The fourth-order valence-corrected chi connectivity index (χ4v) is 3.54. The molecule has 2 rings (SSSR count). The summed E-state index contributed by atoms with van der Waals surface area (Å²) in [5, 5.41) is 5.92. The van der Waals surface area contributed by atoms with E-state index in [1.165, 1.54) is 38.4 Å². The van der Waals surface area contributed by atoms with Gasteiger partial charge in [-0.15, -0.1) is 0 Å². The molecule has 1 saturated heterocycles. The predicted octanol–water partition coefficient (Wildman–Crippen LogP) is 6.18. The number of rotatable bonds is 10. The third kappa shape index (κ3) is 15.4. The molecule has 36 heavy (non-hydrogen) atoms. The van der Waals surface area contributed by atoms with Crippen LogP contribution in [0.1, 0.15) is 81.1 Å². The number of likely N-dealkylation sites (tertiary alicyclic amines) is 1. The molecule has 1 aromatic heterocycles. The van der Waals surface area contributed by atoms with Crippen LogP contribution in [0.3, 0.4) is 0 Å². The van der Waals surface area contributed by atoms with Crippen LogP contribution in [0.4, 0.5) is 17.3 Å². The minimum atomic E-state index is 0.125. The van der Waals surface area contributed by atoms with Gasteiger partial charge in [-0.1, -0.05) is 59.8 Å². The second-order valence-electron chi connectivity index (χ2n) is 8.38. The Kier molecular flexibility index (Phi) is 22.5. The standard InChI is InChI=1S/C13H23N.C11H21N5O.C2H4O.C2H6/c1-4-7-13(10-12(2)3)11-14-8-5-6-9-14;1-5-7(6-2)17-11-15-9(12)8(13-3)10(14-4)16-11;1-2-3;1-2/h4,7,10,12H,5-6,8-9,11H2,1-3H3;7,13H,5-6H2,1-4H3,(H3,12,14,15,16);2H,1H3;1-2H3/b7-4-,13-10+;;;. The lowest BCUT2D eigenvalue weighted by Gasteiger charge is -2.16. The number of aldehydes is 1. The van der Waals surface area contributed by atoms with Crippen molar-refractivity contribution in [2.24, 2.45) is 5.92 Å². The lowest BCUT2D eigenvalue weighted by Crippen LogP contribution is -2.21. The molecule has 1 aliphatic heterocycles. The van der Waals surface area contributed by atoms with Crippen molar-refractivity contribution in [1.29, 1.82) is 0 Å². The Morgan fingerprint density at radius 2 is 1.64 bits per heavy atom. The summed E-state index contributed by atoms with van der Waals surface area (Å²) in [5.74, 6) is 1.68. The van der Waals surface area contributed by atoms with Crippen LogP contribution in [-0.2, 0) is 4.79 Å². The summed E-state index contributed by atoms with van der Waals surface area (Å²) in [4.78, 5) is 19.8. The molecule has 1 aromatic rings. The zero-order chi connectivity index (χ0) is 27.9. The minimum absolute atomic E-state index is 0.125. The van der Waals surface area contributed by atoms with E-state index in [0.717, 1.165) is 25.7 Å². The van der Waals surface area contributed by atoms with Gasteiger partial charge in [0.25, 0.3) is 0 Å². The van der Waals surface area contributed by atoms with Gasteiger partial charge in [-0.25, -0.2) is 0 Å². The lowest BCUT2D eigenvalue weighted by atomic mass is 10.1. The zero-order valence-electron chi connectivity index (χ0n) is 24.6. The topological polar surface area (TPSA) is 105 Å². The highest BCUT2D eigenvalue weighted by Crippen LogP contribution is 2.27. The summed E-state index contributed by atoms with van der Waals surface area (Å²) in [6.45, 7) is 19.9. The minimum Gasteiger partial charge on any atom is -0.460 e. The van der Waals surface area contributed by atoms with Crippen molar-refractivity contribution in [3.8, 4) is 6.01 Å². The van der Waals surface area contributed by atoms with Crippen molar-refractivity contribution in [2.75, 3.05) is 50.1 Å². The van der Waals surface area contributed by atoms with Gasteiger partial charge in [-0.3, -0.25) is 4.90 Å². The van der Waals surface area contributed by atoms with Gasteiger partial charge in [-0.2, -0.15) is 9.97 Å². The van der Waals surface area contributed by atoms with Crippen LogP contribution in [0.5, 0.6) is 6.01 Å². The molecular formula is C28H54N6O2. The van der Waals surface area contributed by atoms with E-state index in [4.69, 9.17) is 15.3 Å². The second-order valence-corrected chi connectivity index (χ2v) is 8.38. The molecule has 0 spiro atoms. The second kappa shape index (κ2) is 22.8. The number of anilines is 3. The van der Waals surface area contributed by atoms with E-state index in [9.17, 15) is 0 Å². The number of nitrogen functional groups attached to an aromatic ring is 1. The van der Waals surface area contributed by atoms with Gasteiger partial charge in [-0.05, 0) is 64.1 Å². The molecule has 1 aliphatic rings. The first kappa shape index (κ1) is 35.6. The van der Waals surface area contributed by atoms with E-state index in [-0.39, 0.29) is 6.10 Å². The maximum atomic E-state index is 8.81. The molecule has 0 saturated carbocycles. The summed E-state index contributed by atoms with van der Waals surface area (Å²) in [7, 11) is 3.56. The van der Waals surface area contributed by atoms with Crippen molar-refractivity contribution in [3.05, 3.63) is 23.8 Å². The van der Waals surface area contributed by atoms with Gasteiger partial charge in [0.15, 0.2) is 11.6 Å². The molecule has 8 nitrogen and oxygen atoms in total. The van der Waals surface area contributed by atoms with Crippen molar-refractivity contribution in [1.82, 2.24) is 14.9 Å². The van der Waals surface area contributed by atoms with E-state index in [1.807, 2.05) is 13.8 Å². The maximum Gasteiger partial charge on any atom is 0.320 e. The number of carbonyl (C=O) groups excluding carboxylic acids is 1. The molecule has 0 aliphatic carbocycles. The van der Waals surface area contributed by atoms with E-state index in [0.29, 0.717) is 29.3 Å². The number of ether oxygens (including phenoxy) is 1. The van der Waals surface area contributed by atoms with E-state index in [1.54, 1.807) is 14.1 Å². The molecule has 4 N–H and O–H groups in total. The quantitative estimate of drug-likeness (QED) is 0.255. The Morgan fingerprint density at radius 1 is 1.08 bits per heavy atom. The number of nitrogens with two attached hydrogens (primary N) is 1. The molecule has 0 radical (unpaired) electrons. The van der Waals surface area contributed by atoms with Gasteiger partial charge >= 0.3 is 6.01 Å². The summed E-state index contributed by atoms with van der Waals surface area (Å²) in [5.41, 5.74) is 7.99. The SMILES string of the molecule is C/C=C\C(=C/C(C)C)CN1CCCC1.CC.CC=O.CCC(CC)Oc1nc(N)c(NC)c(NC)n1. The number of hydrogen-bond acceptors (Lipinski definition) is 8. The van der Waals surface area contributed by atoms with Crippen molar-refractivity contribution < 1.29 is 9.53 Å². The fourth-order valence-electron chi connectivity index (χ4n) is 3.54. The maximum absolute atomic E-state index is 8.81. The number of nitrogens with zero attached hydrogens (tertiary/aromatic N) is 3. The Balaban J connectivity index is 0. The van der Waals surface area contributed by atoms with E-state index >= 15 is 0 Å². The molecule has 208 valence electrons. The average molecular weight is 507 g/mol. The number of aromatic nitrogens is 2. The van der Waals surface area contributed by atoms with E-state index in [2.05, 4.69) is 78.3 Å². The van der Waals surface area contributed by atoms with Gasteiger partial charge in [0.2, 0.25) is 0 Å². The number of nitrogens with one attached hydrogen (secondary N) is 2. The molecule has 8 heteroatoms. The fraction of sp³-hybridized carbons (Fsp3) is 0.679. The average Bonchev–Trinajstić information content (AvgIpc) is 3.37. The van der Waals surface area contributed by atoms with Crippen molar-refractivity contribution in [2.45, 2.75) is 87.2 Å². The molecule has 0 aromatic carbocycles. The van der Waals surface area contributed by atoms with Crippen LogP contribution in [0.2, 0.25) is 0 Å². The van der Waals surface area contributed by atoms with Gasteiger partial charge < -0.3 is 25.9 Å². The molecule has 0 atom stereocenters. The number of carbonyl (C=O) groups is 1. The Hall–Kier alpha value is -2.61. The first-order chi connectivity index (χ1) is 17.3. The van der Waals surface area contributed by atoms with Gasteiger partial charge in [0, 0.05) is 20.6 Å². The molecule has 0 unspecified atom stereocenters. The summed E-state index contributed by atoms with van der Waals surface area (Å²) in [6, 6.07) is 0.319. The highest BCUT2D eigenvalue weighted by molar-refractivity contribution is 5.75. The van der Waals surface area contributed by atoms with Crippen molar-refractivity contribution in [3.63, 3.8) is 0 Å². The first-order valence-corrected chi connectivity index (χ1v) is 13.4. The predicted molar refractivity (Wildman–Crippen MR) is 157 cm³/mol. The highest BCUT2D eigenvalue weighted by atomic mass is 16.5. The normalized spacial score (nSPS) is 13.3. The van der Waals surface area contributed by atoms with Gasteiger partial charge in [0.05, 0.1) is 0 Å². The Morgan fingerprint density at radius 3 is 2.06 bits per heavy atom. The van der Waals surface area contributed by atoms with Crippen LogP contribution in [-0.4, -0.2) is 61.0 Å². The third-order valence-electron chi connectivity index (χ3n) is 5.12. The van der Waals surface area contributed by atoms with Crippen LogP contribution >= 0.6 is 0 Å². The van der Waals surface area contributed by atoms with Crippen LogP contribution in [0.25, 0.3) is 0 Å². The zero-order valence-corrected chi connectivity index (χ0v) is 24.6. The monoisotopic (exact) mass is 506 g/mol. The molecular weight excluding hydrogens is 452 g/mol. The third-order valence-corrected chi connectivity index (χ3v) is 5.12. The Labute approximate surface area is 221 Å². The van der Waals surface area contributed by atoms with E-state index < -0.39 is 0 Å². The lowest BCUT2D eigenvalue weighted by molar-refractivity contribution is -0.106. The molecule has 2 heterocycles. The smallest absolute Gasteiger partial charge is 0.320 e. The Bertz CT molecular complexity index is 740. The van der Waals surface area contributed by atoms with Crippen LogP contribution in [0, 0.1) is 5.92 Å². The number of hydrogen-bond donors (Lipinski definition) is 3. The van der Waals surface area contributed by atoms with Crippen molar-refractivity contribution >= 4 is 23.6 Å². The highest BCUT2D eigenvalue weighted by Gasteiger charge is 2.14. The number of allylic oxidation sites excluding steroid dienone is 2. The summed E-state index contributed by atoms with van der Waals surface area (Å²) >= 11 is 0. The largest absolute Gasteiger partial charge is 0.460 e. The summed E-state index contributed by atoms with van der Waals surface area (Å²) in [6.07, 6.45) is 12.2. The molecule has 0 bridgehead atoms. The molecule has 0 amide bonds. The van der Waals surface area contributed by atoms with Crippen LogP contribution < -0.4 is 21.1 Å². The molecule has 1 fully saturated rings. The van der Waals surface area contributed by atoms with Crippen LogP contribution in [0.15, 0.2) is 23.8 Å².